The lowest BCUT2D eigenvalue weighted by Gasteiger charge is -2.26. The van der Waals surface area contributed by atoms with Crippen molar-refractivity contribution in [2.45, 2.75) is 31.3 Å². The smallest absolute Gasteiger partial charge is 0.126 e. The summed E-state index contributed by atoms with van der Waals surface area (Å²) in [5.74, 6) is 1.32. The fourth-order valence-electron chi connectivity index (χ4n) is 2.78. The summed E-state index contributed by atoms with van der Waals surface area (Å²) in [7, 11) is 1.58. The van der Waals surface area contributed by atoms with E-state index in [1.807, 2.05) is 18.2 Å². The highest BCUT2D eigenvalue weighted by molar-refractivity contribution is 6.30. The minimum Gasteiger partial charge on any atom is -0.496 e. The minimum atomic E-state index is -0.701. The number of rotatable bonds is 4. The van der Waals surface area contributed by atoms with E-state index in [9.17, 15) is 5.11 Å². The summed E-state index contributed by atoms with van der Waals surface area (Å²) in [6, 6.07) is 13.6. The van der Waals surface area contributed by atoms with Crippen molar-refractivity contribution >= 4 is 11.6 Å². The van der Waals surface area contributed by atoms with Gasteiger partial charge in [0.15, 0.2) is 0 Å². The van der Waals surface area contributed by atoms with Gasteiger partial charge in [-0.2, -0.15) is 0 Å². The predicted molar refractivity (Wildman–Crippen MR) is 85.1 cm³/mol. The number of hydrogen-bond acceptors (Lipinski definition) is 2. The Morgan fingerprint density at radius 2 is 1.86 bits per heavy atom. The SMILES string of the molecule is COc1cc(Cl)ccc1C(O)c1ccc(C2CCC2)cc1. The molecule has 1 aliphatic rings. The van der Waals surface area contributed by atoms with E-state index in [2.05, 4.69) is 12.1 Å². The molecule has 1 aliphatic carbocycles. The molecular weight excluding hydrogens is 284 g/mol. The van der Waals surface area contributed by atoms with Gasteiger partial charge in [-0.25, -0.2) is 0 Å². The fraction of sp³-hybridized carbons (Fsp3) is 0.333. The van der Waals surface area contributed by atoms with Crippen molar-refractivity contribution in [3.05, 3.63) is 64.2 Å². The second-order valence-electron chi connectivity index (χ2n) is 5.58. The van der Waals surface area contributed by atoms with Gasteiger partial charge in [0.25, 0.3) is 0 Å². The van der Waals surface area contributed by atoms with Crippen LogP contribution in [0.25, 0.3) is 0 Å². The van der Waals surface area contributed by atoms with Gasteiger partial charge >= 0.3 is 0 Å². The summed E-state index contributed by atoms with van der Waals surface area (Å²) in [5.41, 5.74) is 2.98. The van der Waals surface area contributed by atoms with E-state index >= 15 is 0 Å². The molecule has 0 bridgehead atoms. The summed E-state index contributed by atoms with van der Waals surface area (Å²) < 4.78 is 5.31. The van der Waals surface area contributed by atoms with Gasteiger partial charge < -0.3 is 9.84 Å². The van der Waals surface area contributed by atoms with Crippen molar-refractivity contribution < 1.29 is 9.84 Å². The van der Waals surface area contributed by atoms with E-state index in [0.29, 0.717) is 16.7 Å². The number of methoxy groups -OCH3 is 1. The van der Waals surface area contributed by atoms with Gasteiger partial charge in [0.05, 0.1) is 7.11 Å². The van der Waals surface area contributed by atoms with E-state index in [0.717, 1.165) is 11.1 Å². The second-order valence-corrected chi connectivity index (χ2v) is 6.02. The Morgan fingerprint density at radius 1 is 1.14 bits per heavy atom. The van der Waals surface area contributed by atoms with Crippen molar-refractivity contribution in [1.29, 1.82) is 0 Å². The molecule has 0 amide bonds. The monoisotopic (exact) mass is 302 g/mol. The van der Waals surface area contributed by atoms with Crippen LogP contribution in [0, 0.1) is 0 Å². The molecule has 0 heterocycles. The molecule has 1 N–H and O–H groups in total. The number of aliphatic hydroxyl groups is 1. The van der Waals surface area contributed by atoms with Crippen LogP contribution in [-0.4, -0.2) is 12.2 Å². The zero-order valence-corrected chi connectivity index (χ0v) is 12.8. The van der Waals surface area contributed by atoms with Crippen LogP contribution in [-0.2, 0) is 0 Å². The third kappa shape index (κ3) is 2.92. The highest BCUT2D eigenvalue weighted by Gasteiger charge is 2.20. The maximum Gasteiger partial charge on any atom is 0.126 e. The number of hydrogen-bond donors (Lipinski definition) is 1. The van der Waals surface area contributed by atoms with Crippen LogP contribution in [0.2, 0.25) is 5.02 Å². The van der Waals surface area contributed by atoms with Crippen LogP contribution in [0.5, 0.6) is 5.75 Å². The van der Waals surface area contributed by atoms with Crippen LogP contribution in [0.3, 0.4) is 0 Å². The van der Waals surface area contributed by atoms with Crippen LogP contribution >= 0.6 is 11.6 Å². The Morgan fingerprint density at radius 3 is 2.43 bits per heavy atom. The quantitative estimate of drug-likeness (QED) is 0.887. The molecule has 1 fully saturated rings. The van der Waals surface area contributed by atoms with Crippen molar-refractivity contribution in [1.82, 2.24) is 0 Å². The van der Waals surface area contributed by atoms with Crippen LogP contribution in [0.4, 0.5) is 0 Å². The molecule has 1 saturated carbocycles. The van der Waals surface area contributed by atoms with Crippen LogP contribution in [0.1, 0.15) is 48.0 Å². The zero-order chi connectivity index (χ0) is 14.8. The lowest BCUT2D eigenvalue weighted by Crippen LogP contribution is -2.09. The van der Waals surface area contributed by atoms with Crippen molar-refractivity contribution in [2.75, 3.05) is 7.11 Å². The predicted octanol–water partition coefficient (Wildman–Crippen LogP) is 4.70. The lowest BCUT2D eigenvalue weighted by atomic mass is 9.80. The summed E-state index contributed by atoms with van der Waals surface area (Å²) in [4.78, 5) is 0. The molecule has 2 nitrogen and oxygen atoms in total. The third-order valence-corrected chi connectivity index (χ3v) is 4.55. The van der Waals surface area contributed by atoms with E-state index in [-0.39, 0.29) is 0 Å². The molecule has 3 rings (SSSR count). The van der Waals surface area contributed by atoms with Gasteiger partial charge in [-0.1, -0.05) is 48.4 Å². The summed E-state index contributed by atoms with van der Waals surface area (Å²) in [6.45, 7) is 0. The molecular formula is C18H19ClO2. The molecule has 1 unspecified atom stereocenters. The average Bonchev–Trinajstić information content (AvgIpc) is 2.45. The van der Waals surface area contributed by atoms with Gasteiger partial charge in [-0.15, -0.1) is 0 Å². The molecule has 0 radical (unpaired) electrons. The normalized spacial score (nSPS) is 16.3. The minimum absolute atomic E-state index is 0.600. The van der Waals surface area contributed by atoms with Gasteiger partial charge in [-0.05, 0) is 42.0 Å². The van der Waals surface area contributed by atoms with E-state index < -0.39 is 6.10 Å². The highest BCUT2D eigenvalue weighted by Crippen LogP contribution is 2.37. The van der Waals surface area contributed by atoms with E-state index in [1.54, 1.807) is 19.2 Å². The summed E-state index contributed by atoms with van der Waals surface area (Å²) in [6.07, 6.45) is 3.20. The first-order valence-corrected chi connectivity index (χ1v) is 7.68. The molecule has 2 aromatic carbocycles. The van der Waals surface area contributed by atoms with Crippen LogP contribution in [0.15, 0.2) is 42.5 Å². The molecule has 110 valence electrons. The van der Waals surface area contributed by atoms with E-state index in [1.165, 1.54) is 24.8 Å². The third-order valence-electron chi connectivity index (χ3n) is 4.32. The first-order valence-electron chi connectivity index (χ1n) is 7.30. The Labute approximate surface area is 130 Å². The first kappa shape index (κ1) is 14.4. The average molecular weight is 303 g/mol. The highest BCUT2D eigenvalue weighted by atomic mass is 35.5. The molecule has 0 spiro atoms. The van der Waals surface area contributed by atoms with Gasteiger partial charge in [-0.3, -0.25) is 0 Å². The first-order chi connectivity index (χ1) is 10.2. The van der Waals surface area contributed by atoms with Gasteiger partial charge in [0.2, 0.25) is 0 Å². The molecule has 0 aliphatic heterocycles. The van der Waals surface area contributed by atoms with E-state index in [4.69, 9.17) is 16.3 Å². The van der Waals surface area contributed by atoms with Crippen molar-refractivity contribution in [2.24, 2.45) is 0 Å². The lowest BCUT2D eigenvalue weighted by molar-refractivity contribution is 0.214. The maximum atomic E-state index is 10.6. The van der Waals surface area contributed by atoms with Gasteiger partial charge in [0.1, 0.15) is 11.9 Å². The largest absolute Gasteiger partial charge is 0.496 e. The van der Waals surface area contributed by atoms with Crippen molar-refractivity contribution in [3.63, 3.8) is 0 Å². The number of aliphatic hydroxyl groups excluding tert-OH is 1. The fourth-order valence-corrected chi connectivity index (χ4v) is 2.94. The summed E-state index contributed by atoms with van der Waals surface area (Å²) in [5, 5.41) is 11.2. The molecule has 0 saturated heterocycles. The molecule has 0 aromatic heterocycles. The Balaban J connectivity index is 1.85. The topological polar surface area (TPSA) is 29.5 Å². The standard InChI is InChI=1S/C18H19ClO2/c1-21-17-11-15(19)9-10-16(17)18(20)14-7-5-13(6-8-14)12-3-2-4-12/h5-12,18,20H,2-4H2,1H3. The number of halogens is 1. The molecule has 21 heavy (non-hydrogen) atoms. The Bertz CT molecular complexity index is 618. The summed E-state index contributed by atoms with van der Waals surface area (Å²) >= 11 is 5.96. The zero-order valence-electron chi connectivity index (χ0n) is 12.1. The number of benzene rings is 2. The Hall–Kier alpha value is -1.51. The molecule has 3 heteroatoms. The van der Waals surface area contributed by atoms with Crippen LogP contribution < -0.4 is 4.74 Å². The van der Waals surface area contributed by atoms with Gasteiger partial charge in [0, 0.05) is 10.6 Å². The second kappa shape index (κ2) is 6.08. The van der Waals surface area contributed by atoms with Crippen molar-refractivity contribution in [3.8, 4) is 5.75 Å². The molecule has 2 aromatic rings. The molecule has 1 atom stereocenters. The Kier molecular flexibility index (Phi) is 4.18. The maximum absolute atomic E-state index is 10.6. The number of ether oxygens (including phenoxy) is 1.